The van der Waals surface area contributed by atoms with Gasteiger partial charge in [-0.3, -0.25) is 5.01 Å². The van der Waals surface area contributed by atoms with E-state index in [2.05, 4.69) is 29.9 Å². The Bertz CT molecular complexity index is 183. The normalized spacial score (nSPS) is 11.1. The van der Waals surface area contributed by atoms with Gasteiger partial charge < -0.3 is 0 Å². The molecule has 2 heteroatoms. The molecule has 0 aromatic heterocycles. The number of hydrogen-bond donors (Lipinski definition) is 0. The minimum Gasteiger partial charge on any atom is -0.297 e. The van der Waals surface area contributed by atoms with Crippen molar-refractivity contribution in [2.75, 3.05) is 13.1 Å². The molecule has 0 atom stereocenters. The summed E-state index contributed by atoms with van der Waals surface area (Å²) in [7, 11) is 0. The molecule has 0 saturated carbocycles. The van der Waals surface area contributed by atoms with Crippen molar-refractivity contribution in [2.45, 2.75) is 40.0 Å². The molecule has 0 amide bonds. The van der Waals surface area contributed by atoms with E-state index in [1.807, 2.05) is 6.92 Å². The van der Waals surface area contributed by atoms with Crippen LogP contribution in [0.1, 0.15) is 40.0 Å². The SMILES string of the molecule is C#CC/C(C)=N/N(CCC)CCC. The molecule has 13 heavy (non-hydrogen) atoms. The van der Waals surface area contributed by atoms with Crippen molar-refractivity contribution in [3.63, 3.8) is 0 Å². The second kappa shape index (κ2) is 7.67. The highest BCUT2D eigenvalue weighted by atomic mass is 15.4. The molecular weight excluding hydrogens is 160 g/mol. The molecule has 0 aromatic carbocycles. The predicted molar refractivity (Wildman–Crippen MR) is 58.7 cm³/mol. The molecule has 0 aromatic rings. The first-order valence-electron chi connectivity index (χ1n) is 4.97. The summed E-state index contributed by atoms with van der Waals surface area (Å²) < 4.78 is 0. The molecule has 0 aliphatic heterocycles. The summed E-state index contributed by atoms with van der Waals surface area (Å²) >= 11 is 0. The topological polar surface area (TPSA) is 15.6 Å². The van der Waals surface area contributed by atoms with Gasteiger partial charge >= 0.3 is 0 Å². The first-order valence-corrected chi connectivity index (χ1v) is 4.97. The van der Waals surface area contributed by atoms with Crippen LogP contribution in [0.3, 0.4) is 0 Å². The zero-order chi connectivity index (χ0) is 10.1. The van der Waals surface area contributed by atoms with Crippen molar-refractivity contribution in [3.8, 4) is 12.3 Å². The maximum atomic E-state index is 5.20. The van der Waals surface area contributed by atoms with E-state index in [0.29, 0.717) is 6.42 Å². The van der Waals surface area contributed by atoms with Crippen molar-refractivity contribution in [1.29, 1.82) is 0 Å². The van der Waals surface area contributed by atoms with Crippen molar-refractivity contribution >= 4 is 5.71 Å². The molecule has 0 unspecified atom stereocenters. The fourth-order valence-electron chi connectivity index (χ4n) is 1.15. The molecule has 0 radical (unpaired) electrons. The van der Waals surface area contributed by atoms with Gasteiger partial charge in [0.2, 0.25) is 0 Å². The summed E-state index contributed by atoms with van der Waals surface area (Å²) in [5.74, 6) is 2.60. The molecule has 0 rings (SSSR count). The largest absolute Gasteiger partial charge is 0.297 e. The maximum Gasteiger partial charge on any atom is 0.0486 e. The van der Waals surface area contributed by atoms with Crippen molar-refractivity contribution in [1.82, 2.24) is 5.01 Å². The van der Waals surface area contributed by atoms with Crippen LogP contribution < -0.4 is 0 Å². The van der Waals surface area contributed by atoms with Crippen LogP contribution in [0.4, 0.5) is 0 Å². The zero-order valence-corrected chi connectivity index (χ0v) is 9.01. The maximum absolute atomic E-state index is 5.20. The Balaban J connectivity index is 4.05. The summed E-state index contributed by atoms with van der Waals surface area (Å²) in [4.78, 5) is 0. The summed E-state index contributed by atoms with van der Waals surface area (Å²) in [6.45, 7) is 8.35. The fraction of sp³-hybridized carbons (Fsp3) is 0.727. The van der Waals surface area contributed by atoms with Crippen LogP contribution in [-0.4, -0.2) is 23.8 Å². The van der Waals surface area contributed by atoms with Crippen molar-refractivity contribution in [2.24, 2.45) is 5.10 Å². The van der Waals surface area contributed by atoms with Crippen LogP contribution in [0, 0.1) is 12.3 Å². The zero-order valence-electron chi connectivity index (χ0n) is 9.01. The van der Waals surface area contributed by atoms with Gasteiger partial charge in [0.1, 0.15) is 0 Å². The number of hydrazone groups is 1. The second-order valence-corrected chi connectivity index (χ2v) is 3.17. The molecule has 0 aliphatic carbocycles. The van der Waals surface area contributed by atoms with E-state index in [1.165, 1.54) is 0 Å². The van der Waals surface area contributed by atoms with E-state index in [4.69, 9.17) is 6.42 Å². The van der Waals surface area contributed by atoms with Gasteiger partial charge in [-0.2, -0.15) is 5.10 Å². The van der Waals surface area contributed by atoms with Gasteiger partial charge in [0.05, 0.1) is 0 Å². The molecule has 74 valence electrons. The van der Waals surface area contributed by atoms with Gasteiger partial charge in [-0.1, -0.05) is 13.8 Å². The standard InChI is InChI=1S/C11H20N2/c1-5-8-11(4)12-13(9-6-2)10-7-3/h1H,6-10H2,2-4H3/b12-11+. The first-order chi connectivity index (χ1) is 6.24. The number of hydrogen-bond acceptors (Lipinski definition) is 2. The van der Waals surface area contributed by atoms with Gasteiger partial charge in [0, 0.05) is 25.2 Å². The van der Waals surface area contributed by atoms with Gasteiger partial charge in [-0.25, -0.2) is 0 Å². The Morgan fingerprint density at radius 3 is 2.23 bits per heavy atom. The predicted octanol–water partition coefficient (Wildman–Crippen LogP) is 2.51. The lowest BCUT2D eigenvalue weighted by Gasteiger charge is -2.18. The molecule has 0 heterocycles. The number of nitrogens with zero attached hydrogens (tertiary/aromatic N) is 2. The van der Waals surface area contributed by atoms with Crippen LogP contribution >= 0.6 is 0 Å². The number of terminal acetylenes is 1. The number of rotatable bonds is 6. The highest BCUT2D eigenvalue weighted by Crippen LogP contribution is 1.97. The van der Waals surface area contributed by atoms with Gasteiger partial charge in [0.15, 0.2) is 0 Å². The summed E-state index contributed by atoms with van der Waals surface area (Å²) in [6.07, 6.45) is 8.12. The van der Waals surface area contributed by atoms with Crippen molar-refractivity contribution < 1.29 is 0 Å². The van der Waals surface area contributed by atoms with E-state index in [-0.39, 0.29) is 0 Å². The van der Waals surface area contributed by atoms with E-state index in [9.17, 15) is 0 Å². The quantitative estimate of drug-likeness (QED) is 0.348. The Kier molecular flexibility index (Phi) is 7.10. The summed E-state index contributed by atoms with van der Waals surface area (Å²) in [5, 5.41) is 6.56. The van der Waals surface area contributed by atoms with Gasteiger partial charge in [-0.15, -0.1) is 12.3 Å². The van der Waals surface area contributed by atoms with E-state index in [1.54, 1.807) is 0 Å². The van der Waals surface area contributed by atoms with E-state index < -0.39 is 0 Å². The molecule has 0 fully saturated rings. The molecule has 0 N–H and O–H groups in total. The van der Waals surface area contributed by atoms with Crippen LogP contribution in [0.5, 0.6) is 0 Å². The third kappa shape index (κ3) is 6.21. The van der Waals surface area contributed by atoms with Crippen LogP contribution in [0.15, 0.2) is 5.10 Å². The van der Waals surface area contributed by atoms with Crippen LogP contribution in [-0.2, 0) is 0 Å². The molecule has 0 aliphatic rings. The molecule has 0 saturated heterocycles. The highest BCUT2D eigenvalue weighted by molar-refractivity contribution is 5.83. The van der Waals surface area contributed by atoms with Crippen molar-refractivity contribution in [3.05, 3.63) is 0 Å². The lowest BCUT2D eigenvalue weighted by Crippen LogP contribution is -2.20. The molecule has 0 bridgehead atoms. The average molecular weight is 180 g/mol. The third-order valence-electron chi connectivity index (χ3n) is 1.63. The Morgan fingerprint density at radius 2 is 1.85 bits per heavy atom. The lowest BCUT2D eigenvalue weighted by atomic mass is 10.3. The Hall–Kier alpha value is -0.970. The Morgan fingerprint density at radius 1 is 1.31 bits per heavy atom. The Labute approximate surface area is 82.0 Å². The van der Waals surface area contributed by atoms with Crippen LogP contribution in [0.25, 0.3) is 0 Å². The molecule has 2 nitrogen and oxygen atoms in total. The first kappa shape index (κ1) is 12.0. The second-order valence-electron chi connectivity index (χ2n) is 3.17. The minimum atomic E-state index is 0.657. The monoisotopic (exact) mass is 180 g/mol. The summed E-state index contributed by atoms with van der Waals surface area (Å²) in [5.41, 5.74) is 1.03. The highest BCUT2D eigenvalue weighted by Gasteiger charge is 1.98. The fourth-order valence-corrected chi connectivity index (χ4v) is 1.15. The molecule has 0 spiro atoms. The van der Waals surface area contributed by atoms with E-state index in [0.717, 1.165) is 31.6 Å². The summed E-state index contributed by atoms with van der Waals surface area (Å²) in [6, 6.07) is 0. The van der Waals surface area contributed by atoms with Crippen LogP contribution in [0.2, 0.25) is 0 Å². The van der Waals surface area contributed by atoms with Gasteiger partial charge in [-0.05, 0) is 19.8 Å². The average Bonchev–Trinajstić information content (AvgIpc) is 2.05. The molecular formula is C11H20N2. The lowest BCUT2D eigenvalue weighted by molar-refractivity contribution is 0.288. The third-order valence-corrected chi connectivity index (χ3v) is 1.63. The van der Waals surface area contributed by atoms with Gasteiger partial charge in [0.25, 0.3) is 0 Å². The minimum absolute atomic E-state index is 0.657. The van der Waals surface area contributed by atoms with E-state index >= 15 is 0 Å². The smallest absolute Gasteiger partial charge is 0.0486 e.